The smallest absolute Gasteiger partial charge is 0.408 e. The summed E-state index contributed by atoms with van der Waals surface area (Å²) in [7, 11) is 0. The van der Waals surface area contributed by atoms with Crippen molar-refractivity contribution in [3.63, 3.8) is 0 Å². The number of amides is 3. The molecule has 0 spiro atoms. The first-order valence-electron chi connectivity index (χ1n) is 11.4. The van der Waals surface area contributed by atoms with Gasteiger partial charge >= 0.3 is 6.09 Å². The summed E-state index contributed by atoms with van der Waals surface area (Å²) in [6.45, 7) is 9.15. The van der Waals surface area contributed by atoms with Crippen LogP contribution in [0.15, 0.2) is 24.3 Å². The Morgan fingerprint density at radius 3 is 2.31 bits per heavy atom. The maximum Gasteiger partial charge on any atom is 0.408 e. The third-order valence-corrected chi connectivity index (χ3v) is 5.17. The molecule has 3 amide bonds. The van der Waals surface area contributed by atoms with Crippen molar-refractivity contribution in [2.24, 2.45) is 5.92 Å². The molecule has 8 heteroatoms. The summed E-state index contributed by atoms with van der Waals surface area (Å²) in [4.78, 5) is 37.8. The molecule has 1 saturated heterocycles. The van der Waals surface area contributed by atoms with E-state index in [9.17, 15) is 14.4 Å². The van der Waals surface area contributed by atoms with Gasteiger partial charge in [-0.05, 0) is 63.6 Å². The van der Waals surface area contributed by atoms with E-state index >= 15 is 0 Å². The summed E-state index contributed by atoms with van der Waals surface area (Å²) in [6.07, 6.45) is 3.14. The van der Waals surface area contributed by atoms with Gasteiger partial charge in [0.15, 0.2) is 6.61 Å². The highest BCUT2D eigenvalue weighted by Gasteiger charge is 2.24. The monoisotopic (exact) mass is 447 g/mol. The van der Waals surface area contributed by atoms with Gasteiger partial charge in [-0.1, -0.05) is 25.5 Å². The van der Waals surface area contributed by atoms with Crippen LogP contribution in [0.5, 0.6) is 5.75 Å². The quantitative estimate of drug-likeness (QED) is 0.607. The summed E-state index contributed by atoms with van der Waals surface area (Å²) in [5.74, 6) is 0.723. The zero-order valence-electron chi connectivity index (χ0n) is 19.7. The van der Waals surface area contributed by atoms with E-state index in [1.807, 2.05) is 24.3 Å². The van der Waals surface area contributed by atoms with Crippen molar-refractivity contribution in [1.29, 1.82) is 0 Å². The van der Waals surface area contributed by atoms with Crippen LogP contribution < -0.4 is 15.4 Å². The number of hydrogen-bond donors (Lipinski definition) is 2. The van der Waals surface area contributed by atoms with E-state index in [0.29, 0.717) is 31.3 Å². The number of rotatable bonds is 9. The van der Waals surface area contributed by atoms with Crippen molar-refractivity contribution in [3.8, 4) is 5.75 Å². The van der Waals surface area contributed by atoms with Gasteiger partial charge in [-0.3, -0.25) is 9.59 Å². The minimum absolute atomic E-state index is 0.0131. The lowest BCUT2D eigenvalue weighted by atomic mass is 9.96. The molecule has 32 heavy (non-hydrogen) atoms. The van der Waals surface area contributed by atoms with Gasteiger partial charge in [0.25, 0.3) is 5.91 Å². The normalized spacial score (nSPS) is 14.6. The number of nitrogens with zero attached hydrogens (tertiary/aromatic N) is 1. The number of ether oxygens (including phenoxy) is 2. The third-order valence-electron chi connectivity index (χ3n) is 5.17. The highest BCUT2D eigenvalue weighted by atomic mass is 16.6. The van der Waals surface area contributed by atoms with Gasteiger partial charge in [-0.2, -0.15) is 0 Å². The van der Waals surface area contributed by atoms with Gasteiger partial charge in [-0.15, -0.1) is 0 Å². The van der Waals surface area contributed by atoms with Crippen LogP contribution in [0.1, 0.15) is 52.5 Å². The van der Waals surface area contributed by atoms with Crippen LogP contribution in [-0.2, 0) is 20.7 Å². The average Bonchev–Trinajstić information content (AvgIpc) is 2.75. The molecule has 0 aromatic heterocycles. The first-order chi connectivity index (χ1) is 15.2. The molecule has 1 aliphatic rings. The van der Waals surface area contributed by atoms with Crippen LogP contribution >= 0.6 is 0 Å². The lowest BCUT2D eigenvalue weighted by molar-refractivity contribution is -0.132. The maximum atomic E-state index is 12.3. The van der Waals surface area contributed by atoms with E-state index < -0.39 is 11.7 Å². The number of carbonyl (C=O) groups excluding carboxylic acids is 3. The number of likely N-dealkylation sites (tertiary alicyclic amines) is 1. The molecule has 2 N–H and O–H groups in total. The van der Waals surface area contributed by atoms with Crippen molar-refractivity contribution >= 4 is 17.9 Å². The molecule has 178 valence electrons. The van der Waals surface area contributed by atoms with Crippen LogP contribution in [0.2, 0.25) is 0 Å². The van der Waals surface area contributed by atoms with Crippen LogP contribution in [0, 0.1) is 5.92 Å². The number of hydrogen-bond acceptors (Lipinski definition) is 5. The predicted molar refractivity (Wildman–Crippen MR) is 122 cm³/mol. The molecule has 1 aliphatic heterocycles. The lowest BCUT2D eigenvalue weighted by Gasteiger charge is -2.32. The Morgan fingerprint density at radius 2 is 1.72 bits per heavy atom. The number of benzene rings is 1. The fourth-order valence-corrected chi connectivity index (χ4v) is 3.46. The van der Waals surface area contributed by atoms with Gasteiger partial charge in [0.1, 0.15) is 17.9 Å². The van der Waals surface area contributed by atoms with Crippen LogP contribution in [0.3, 0.4) is 0 Å². The summed E-state index contributed by atoms with van der Waals surface area (Å²) < 4.78 is 10.7. The topological polar surface area (TPSA) is 97.0 Å². The van der Waals surface area contributed by atoms with Gasteiger partial charge in [0, 0.05) is 19.6 Å². The zero-order chi connectivity index (χ0) is 23.6. The highest BCUT2D eigenvalue weighted by molar-refractivity contribution is 5.82. The van der Waals surface area contributed by atoms with E-state index in [4.69, 9.17) is 9.47 Å². The Bertz CT molecular complexity index is 750. The molecule has 0 aliphatic carbocycles. The van der Waals surface area contributed by atoms with E-state index in [0.717, 1.165) is 25.7 Å². The second kappa shape index (κ2) is 12.3. The Balaban J connectivity index is 1.60. The van der Waals surface area contributed by atoms with E-state index in [2.05, 4.69) is 17.6 Å². The fourth-order valence-electron chi connectivity index (χ4n) is 3.46. The highest BCUT2D eigenvalue weighted by Crippen LogP contribution is 2.17. The molecule has 1 aromatic carbocycles. The number of aryl methyl sites for hydroxylation is 1. The first kappa shape index (κ1) is 25.5. The second-order valence-electron chi connectivity index (χ2n) is 9.17. The lowest BCUT2D eigenvalue weighted by Crippen LogP contribution is -2.46. The number of piperidine rings is 1. The standard InChI is InChI=1S/C24H37N3O5/c1-5-6-18-7-9-20(10-8-18)31-17-21(28)25-15-19-11-13-27(14-12-19)22(29)16-26-23(30)32-24(2,3)4/h7-10,19H,5-6,11-17H2,1-4H3,(H,25,28)(H,26,30). The van der Waals surface area contributed by atoms with Crippen LogP contribution in [0.4, 0.5) is 4.79 Å². The molecular formula is C24H37N3O5. The van der Waals surface area contributed by atoms with Crippen molar-refractivity contribution < 1.29 is 23.9 Å². The molecule has 2 rings (SSSR count). The molecule has 1 heterocycles. The summed E-state index contributed by atoms with van der Waals surface area (Å²) >= 11 is 0. The predicted octanol–water partition coefficient (Wildman–Crippen LogP) is 2.90. The van der Waals surface area contributed by atoms with Crippen molar-refractivity contribution in [3.05, 3.63) is 29.8 Å². The molecule has 1 aromatic rings. The molecule has 0 radical (unpaired) electrons. The molecule has 0 atom stereocenters. The Kier molecular flexibility index (Phi) is 9.81. The van der Waals surface area contributed by atoms with Crippen molar-refractivity contribution in [1.82, 2.24) is 15.5 Å². The van der Waals surface area contributed by atoms with Crippen LogP contribution in [0.25, 0.3) is 0 Å². The summed E-state index contributed by atoms with van der Waals surface area (Å²) in [5.41, 5.74) is 0.662. The summed E-state index contributed by atoms with van der Waals surface area (Å²) in [6, 6.07) is 7.83. The zero-order valence-corrected chi connectivity index (χ0v) is 19.7. The fraction of sp³-hybridized carbons (Fsp3) is 0.625. The second-order valence-corrected chi connectivity index (χ2v) is 9.17. The molecule has 0 saturated carbocycles. The maximum absolute atomic E-state index is 12.3. The molecule has 0 unspecified atom stereocenters. The first-order valence-corrected chi connectivity index (χ1v) is 11.4. The van der Waals surface area contributed by atoms with Crippen molar-refractivity contribution in [2.45, 2.75) is 59.0 Å². The van der Waals surface area contributed by atoms with E-state index in [-0.39, 0.29) is 25.0 Å². The van der Waals surface area contributed by atoms with Gasteiger partial charge < -0.3 is 25.0 Å². The largest absolute Gasteiger partial charge is 0.484 e. The molecular weight excluding hydrogens is 410 g/mol. The minimum atomic E-state index is -0.597. The summed E-state index contributed by atoms with van der Waals surface area (Å²) in [5, 5.41) is 5.42. The number of alkyl carbamates (subject to hydrolysis) is 1. The SMILES string of the molecule is CCCc1ccc(OCC(=O)NCC2CCN(C(=O)CNC(=O)OC(C)(C)C)CC2)cc1. The Hall–Kier alpha value is -2.77. The van der Waals surface area contributed by atoms with Crippen molar-refractivity contribution in [2.75, 3.05) is 32.8 Å². The molecule has 8 nitrogen and oxygen atoms in total. The van der Waals surface area contributed by atoms with E-state index in [1.54, 1.807) is 25.7 Å². The number of nitrogens with one attached hydrogen (secondary N) is 2. The average molecular weight is 448 g/mol. The molecule has 1 fully saturated rings. The minimum Gasteiger partial charge on any atom is -0.484 e. The molecule has 0 bridgehead atoms. The van der Waals surface area contributed by atoms with Gasteiger partial charge in [-0.25, -0.2) is 4.79 Å². The Labute approximate surface area is 191 Å². The van der Waals surface area contributed by atoms with Crippen LogP contribution in [-0.4, -0.2) is 61.2 Å². The van der Waals surface area contributed by atoms with Gasteiger partial charge in [0.2, 0.25) is 5.91 Å². The third kappa shape index (κ3) is 9.58. The van der Waals surface area contributed by atoms with E-state index in [1.165, 1.54) is 5.56 Å². The van der Waals surface area contributed by atoms with Gasteiger partial charge in [0.05, 0.1) is 0 Å². The number of carbonyl (C=O) groups is 3. The Morgan fingerprint density at radius 1 is 1.06 bits per heavy atom.